The number of nitrogens with zero attached hydrogens (tertiary/aromatic N) is 1. The van der Waals surface area contributed by atoms with Crippen LogP contribution in [0.1, 0.15) is 84.8 Å². The highest BCUT2D eigenvalue weighted by molar-refractivity contribution is 5.98. The van der Waals surface area contributed by atoms with E-state index in [0.29, 0.717) is 74.4 Å². The van der Waals surface area contributed by atoms with Crippen molar-refractivity contribution in [1.29, 1.82) is 0 Å². The molecule has 51 heavy (non-hydrogen) atoms. The van der Waals surface area contributed by atoms with Crippen molar-refractivity contribution >= 4 is 34.6 Å². The average Bonchev–Trinajstić information content (AvgIpc) is 3.52. The number of aromatic nitrogens is 1. The molecule has 0 bridgehead atoms. The van der Waals surface area contributed by atoms with E-state index in [1.807, 2.05) is 36.5 Å². The quantitative estimate of drug-likeness (QED) is 0.151. The summed E-state index contributed by atoms with van der Waals surface area (Å²) >= 11 is 0. The summed E-state index contributed by atoms with van der Waals surface area (Å²) in [5.74, 6) is -1.81. The van der Waals surface area contributed by atoms with Gasteiger partial charge in [-0.1, -0.05) is 30.4 Å². The van der Waals surface area contributed by atoms with Gasteiger partial charge in [0.15, 0.2) is 11.5 Å². The van der Waals surface area contributed by atoms with Crippen LogP contribution in [0, 0.1) is 0 Å². The molecule has 5 rings (SSSR count). The van der Waals surface area contributed by atoms with Crippen LogP contribution >= 0.6 is 0 Å². The number of phenols is 2. The smallest absolute Gasteiger partial charge is 0.342 e. The number of carbonyl (C=O) groups is 3. The first kappa shape index (κ1) is 36.8. The Morgan fingerprint density at radius 3 is 2.45 bits per heavy atom. The van der Waals surface area contributed by atoms with E-state index in [0.717, 1.165) is 10.9 Å². The summed E-state index contributed by atoms with van der Waals surface area (Å²) in [4.78, 5) is 39.7. The Labute approximate surface area is 297 Å². The number of Topliss-reactive ketones (excluding diaryl/α,β-unsaturated/α-hetero) is 1. The summed E-state index contributed by atoms with van der Waals surface area (Å²) in [5, 5.41) is 27.6. The molecule has 0 spiro atoms. The second kappa shape index (κ2) is 17.0. The number of ether oxygens (including phenoxy) is 4. The van der Waals surface area contributed by atoms with Gasteiger partial charge < -0.3 is 39.0 Å². The zero-order valence-electron chi connectivity index (χ0n) is 29.6. The van der Waals surface area contributed by atoms with Crippen LogP contribution in [0.4, 0.5) is 0 Å². The fourth-order valence-corrected chi connectivity index (χ4v) is 6.62. The Balaban J connectivity index is 1.55. The molecule has 11 heteroatoms. The van der Waals surface area contributed by atoms with E-state index in [1.54, 1.807) is 31.2 Å². The molecule has 3 N–H and O–H groups in total. The minimum Gasteiger partial charge on any atom is -0.507 e. The van der Waals surface area contributed by atoms with Gasteiger partial charge in [0.1, 0.15) is 22.8 Å². The number of hydrogen-bond acceptors (Lipinski definition) is 9. The van der Waals surface area contributed by atoms with Crippen molar-refractivity contribution in [3.05, 3.63) is 83.1 Å². The van der Waals surface area contributed by atoms with Crippen LogP contribution in [0.2, 0.25) is 0 Å². The number of methoxy groups -OCH3 is 3. The summed E-state index contributed by atoms with van der Waals surface area (Å²) < 4.78 is 24.5. The molecule has 3 aromatic carbocycles. The zero-order chi connectivity index (χ0) is 36.5. The maximum Gasteiger partial charge on any atom is 0.342 e. The summed E-state index contributed by atoms with van der Waals surface area (Å²) in [7, 11) is 4.41. The van der Waals surface area contributed by atoms with Gasteiger partial charge >= 0.3 is 5.97 Å². The number of esters is 1. The van der Waals surface area contributed by atoms with Gasteiger partial charge in [-0.15, -0.1) is 0 Å². The summed E-state index contributed by atoms with van der Waals surface area (Å²) in [6.07, 6.45) is 7.76. The molecule has 0 fully saturated rings. The monoisotopic (exact) mass is 698 g/mol. The molecule has 1 aliphatic heterocycles. The molecule has 4 aromatic rings. The highest BCUT2D eigenvalue weighted by atomic mass is 16.5. The van der Waals surface area contributed by atoms with Crippen molar-refractivity contribution in [3.8, 4) is 28.7 Å². The number of fused-ring (bicyclic) bond motifs is 2. The lowest BCUT2D eigenvalue weighted by Gasteiger charge is -2.24. The number of amides is 1. The number of hydrogen-bond donors (Lipinski definition) is 3. The van der Waals surface area contributed by atoms with Crippen molar-refractivity contribution in [1.82, 2.24) is 9.88 Å². The Morgan fingerprint density at radius 2 is 1.73 bits per heavy atom. The van der Waals surface area contributed by atoms with E-state index in [1.165, 1.54) is 27.4 Å². The Kier molecular flexibility index (Phi) is 12.3. The molecular weight excluding hydrogens is 652 g/mol. The Bertz CT molecular complexity index is 1890. The number of nitrogens with one attached hydrogen (secondary N) is 1. The minimum absolute atomic E-state index is 0.0284. The van der Waals surface area contributed by atoms with Crippen molar-refractivity contribution in [3.63, 3.8) is 0 Å². The lowest BCUT2D eigenvalue weighted by Crippen LogP contribution is -2.28. The lowest BCUT2D eigenvalue weighted by molar-refractivity contribution is -0.121. The van der Waals surface area contributed by atoms with Crippen molar-refractivity contribution < 1.29 is 43.5 Å². The molecular formula is C40H46N2O9. The highest BCUT2D eigenvalue weighted by Gasteiger charge is 2.32. The van der Waals surface area contributed by atoms with Crippen molar-refractivity contribution in [2.75, 3.05) is 27.9 Å². The summed E-state index contributed by atoms with van der Waals surface area (Å²) in [5.41, 5.74) is 1.60. The minimum atomic E-state index is -0.968. The van der Waals surface area contributed by atoms with Gasteiger partial charge in [0.2, 0.25) is 11.7 Å². The van der Waals surface area contributed by atoms with Crippen LogP contribution < -0.4 is 19.5 Å². The number of carbonyl (C=O) groups excluding carboxylic acids is 3. The van der Waals surface area contributed by atoms with Crippen molar-refractivity contribution in [2.24, 2.45) is 0 Å². The fourth-order valence-electron chi connectivity index (χ4n) is 6.62. The van der Waals surface area contributed by atoms with Crippen LogP contribution in [0.3, 0.4) is 0 Å². The Hall–Kier alpha value is -5.45. The number of ketones is 1. The normalized spacial score (nSPS) is 16.1. The standard InChI is InChI=1S/C40H46N2O9/c1-25-11-10-15-29(43)14-7-5-6-13-27-21-32(44)37(38(46)36(27)40(47)51-25)30(28-22-33(48-2)39(50-4)34(23-28)49-3)24-35(45)41-18-20-42-19-17-26-12-8-9-16-31(26)42/h6,8-9,12-13,16-17,19,21-23,25,30,44,46H,5,7,10-11,14-15,18,20,24H2,1-4H3,(H,41,45)/t25-,30?/m0/s1. The molecule has 11 nitrogen and oxygen atoms in total. The van der Waals surface area contributed by atoms with Gasteiger partial charge in [0.25, 0.3) is 0 Å². The highest BCUT2D eigenvalue weighted by Crippen LogP contribution is 2.47. The fraction of sp³-hybridized carbons (Fsp3) is 0.375. The number of allylic oxidation sites excluding steroid dienone is 1. The van der Waals surface area contributed by atoms with E-state index >= 15 is 0 Å². The second-order valence-electron chi connectivity index (χ2n) is 12.7. The lowest BCUT2D eigenvalue weighted by atomic mass is 9.84. The predicted octanol–water partition coefficient (Wildman–Crippen LogP) is 6.90. The number of para-hydroxylation sites is 1. The Morgan fingerprint density at radius 1 is 1.00 bits per heavy atom. The van der Waals surface area contributed by atoms with Gasteiger partial charge in [-0.25, -0.2) is 4.79 Å². The maximum absolute atomic E-state index is 13.7. The first-order valence-electron chi connectivity index (χ1n) is 17.2. The van der Waals surface area contributed by atoms with E-state index < -0.39 is 23.7 Å². The van der Waals surface area contributed by atoms with E-state index in [4.69, 9.17) is 18.9 Å². The second-order valence-corrected chi connectivity index (χ2v) is 12.7. The number of phenolic OH excluding ortho intramolecular Hbond substituents is 2. The molecule has 2 heterocycles. The van der Waals surface area contributed by atoms with Gasteiger partial charge in [-0.2, -0.15) is 0 Å². The van der Waals surface area contributed by atoms with Crippen LogP contribution in [-0.2, 0) is 20.9 Å². The topological polar surface area (TPSA) is 146 Å². The first-order valence-corrected chi connectivity index (χ1v) is 17.2. The van der Waals surface area contributed by atoms with Gasteiger partial charge in [0.05, 0.1) is 27.4 Å². The van der Waals surface area contributed by atoms with Crippen molar-refractivity contribution in [2.45, 2.75) is 70.4 Å². The maximum atomic E-state index is 13.7. The van der Waals surface area contributed by atoms with Gasteiger partial charge in [0, 0.05) is 55.5 Å². The van der Waals surface area contributed by atoms with Gasteiger partial charge in [-0.3, -0.25) is 9.59 Å². The molecule has 1 aliphatic rings. The van der Waals surface area contributed by atoms with Crippen LogP contribution in [0.25, 0.3) is 17.0 Å². The van der Waals surface area contributed by atoms with Crippen LogP contribution in [0.15, 0.2) is 60.8 Å². The van der Waals surface area contributed by atoms with E-state index in [2.05, 4.69) is 9.88 Å². The molecule has 270 valence electrons. The van der Waals surface area contributed by atoms with Crippen LogP contribution in [0.5, 0.6) is 28.7 Å². The third-order valence-electron chi connectivity index (χ3n) is 9.23. The van der Waals surface area contributed by atoms with E-state index in [9.17, 15) is 24.6 Å². The predicted molar refractivity (Wildman–Crippen MR) is 194 cm³/mol. The number of aromatic hydroxyl groups is 2. The first-order chi connectivity index (χ1) is 24.6. The number of benzene rings is 3. The SMILES string of the molecule is COc1cc(C(CC(=O)NCCn2ccc3ccccc32)c2c(O)cc3c(c2O)C(=O)O[C@@H](C)CCCC(=O)CCCC=C3)cc(OC)c1OC. The average molecular weight is 699 g/mol. The third kappa shape index (κ3) is 8.65. The zero-order valence-corrected chi connectivity index (χ0v) is 29.6. The number of cyclic esters (lactones) is 1. The van der Waals surface area contributed by atoms with Crippen LogP contribution in [-0.4, -0.2) is 66.4 Å². The third-order valence-corrected chi connectivity index (χ3v) is 9.23. The molecule has 1 amide bonds. The summed E-state index contributed by atoms with van der Waals surface area (Å²) in [6, 6.07) is 14.7. The molecule has 0 saturated heterocycles. The van der Waals surface area contributed by atoms with Gasteiger partial charge in [-0.05, 0) is 79.5 Å². The molecule has 0 aliphatic carbocycles. The number of rotatable bonds is 10. The molecule has 0 saturated carbocycles. The molecule has 1 unspecified atom stereocenters. The molecule has 1 aromatic heterocycles. The molecule has 2 atom stereocenters. The van der Waals surface area contributed by atoms with E-state index in [-0.39, 0.29) is 40.6 Å². The summed E-state index contributed by atoms with van der Waals surface area (Å²) in [6.45, 7) is 2.58. The molecule has 0 radical (unpaired) electrons. The largest absolute Gasteiger partial charge is 0.507 e.